The minimum Gasteiger partial charge on any atom is -0.326 e. The third-order valence-corrected chi connectivity index (χ3v) is 5.60. The number of hydrogen-bond acceptors (Lipinski definition) is 3. The Bertz CT molecular complexity index is 1120. The lowest BCUT2D eigenvalue weighted by Crippen LogP contribution is -2.24. The summed E-state index contributed by atoms with van der Waals surface area (Å²) in [5.74, 6) is 0.125. The van der Waals surface area contributed by atoms with Crippen LogP contribution >= 0.6 is 11.6 Å². The first-order chi connectivity index (χ1) is 13.8. The second kappa shape index (κ2) is 7.37. The fourth-order valence-corrected chi connectivity index (χ4v) is 3.74. The summed E-state index contributed by atoms with van der Waals surface area (Å²) in [5.41, 5.74) is 5.25. The van der Waals surface area contributed by atoms with Crippen molar-refractivity contribution < 1.29 is 9.59 Å². The van der Waals surface area contributed by atoms with Crippen molar-refractivity contribution in [3.8, 4) is 11.1 Å². The van der Waals surface area contributed by atoms with Crippen LogP contribution < -0.4 is 10.6 Å². The van der Waals surface area contributed by atoms with Crippen LogP contribution in [0.15, 0.2) is 42.5 Å². The Morgan fingerprint density at radius 1 is 1.17 bits per heavy atom. The molecular weight excluding hydrogens is 388 g/mol. The van der Waals surface area contributed by atoms with E-state index in [9.17, 15) is 9.59 Å². The van der Waals surface area contributed by atoms with Crippen molar-refractivity contribution in [1.82, 2.24) is 9.78 Å². The molecule has 2 aromatic carbocycles. The van der Waals surface area contributed by atoms with Crippen LogP contribution in [0.5, 0.6) is 0 Å². The van der Waals surface area contributed by atoms with Gasteiger partial charge in [-0.15, -0.1) is 0 Å². The SMILES string of the molecule is Cc1ccc(-c2c(C)nn3c2NC(=O)C3CC(=O)Nc2cccc(Cl)c2C)cc1. The maximum Gasteiger partial charge on any atom is 0.251 e. The summed E-state index contributed by atoms with van der Waals surface area (Å²) in [7, 11) is 0. The highest BCUT2D eigenvalue weighted by Crippen LogP contribution is 2.38. The number of nitrogens with zero attached hydrogens (tertiary/aromatic N) is 2. The molecular formula is C22H21ClN4O2. The molecule has 1 unspecified atom stereocenters. The quantitative estimate of drug-likeness (QED) is 0.659. The van der Waals surface area contributed by atoms with E-state index in [1.165, 1.54) is 0 Å². The number of carbonyl (C=O) groups is 2. The highest BCUT2D eigenvalue weighted by Gasteiger charge is 2.36. The first-order valence-electron chi connectivity index (χ1n) is 9.37. The first-order valence-corrected chi connectivity index (χ1v) is 9.75. The molecule has 2 heterocycles. The van der Waals surface area contributed by atoms with Crippen LogP contribution in [0.25, 0.3) is 11.1 Å². The van der Waals surface area contributed by atoms with Crippen molar-refractivity contribution in [1.29, 1.82) is 0 Å². The smallest absolute Gasteiger partial charge is 0.251 e. The number of hydrogen-bond donors (Lipinski definition) is 2. The number of aryl methyl sites for hydroxylation is 2. The van der Waals surface area contributed by atoms with Crippen LogP contribution in [0.1, 0.15) is 29.3 Å². The van der Waals surface area contributed by atoms with Gasteiger partial charge >= 0.3 is 0 Å². The van der Waals surface area contributed by atoms with Gasteiger partial charge in [0, 0.05) is 16.3 Å². The topological polar surface area (TPSA) is 76.0 Å². The molecule has 0 saturated carbocycles. The molecule has 0 bridgehead atoms. The van der Waals surface area contributed by atoms with Crippen molar-refractivity contribution in [3.05, 3.63) is 64.3 Å². The number of benzene rings is 2. The Labute approximate surface area is 173 Å². The third kappa shape index (κ3) is 3.51. The maximum absolute atomic E-state index is 12.6. The zero-order chi connectivity index (χ0) is 20.7. The van der Waals surface area contributed by atoms with Gasteiger partial charge in [-0.2, -0.15) is 5.10 Å². The average Bonchev–Trinajstić information content (AvgIpc) is 3.14. The minimum atomic E-state index is -0.692. The molecule has 1 atom stereocenters. The van der Waals surface area contributed by atoms with E-state index in [4.69, 9.17) is 11.6 Å². The van der Waals surface area contributed by atoms with Gasteiger partial charge < -0.3 is 10.6 Å². The van der Waals surface area contributed by atoms with E-state index in [0.717, 1.165) is 27.9 Å². The van der Waals surface area contributed by atoms with Crippen molar-refractivity contribution in [2.45, 2.75) is 33.2 Å². The number of rotatable bonds is 4. The number of amides is 2. The molecule has 0 saturated heterocycles. The Kier molecular flexibility index (Phi) is 4.88. The molecule has 2 amide bonds. The maximum atomic E-state index is 12.6. The molecule has 29 heavy (non-hydrogen) atoms. The number of fused-ring (bicyclic) bond motifs is 1. The Morgan fingerprint density at radius 3 is 2.62 bits per heavy atom. The molecule has 148 valence electrons. The van der Waals surface area contributed by atoms with E-state index in [2.05, 4.69) is 15.7 Å². The van der Waals surface area contributed by atoms with Crippen LogP contribution in [0, 0.1) is 20.8 Å². The van der Waals surface area contributed by atoms with E-state index in [1.54, 1.807) is 22.9 Å². The molecule has 0 aliphatic carbocycles. The molecule has 4 rings (SSSR count). The molecule has 6 nitrogen and oxygen atoms in total. The van der Waals surface area contributed by atoms with Crippen LogP contribution in [0.3, 0.4) is 0 Å². The summed E-state index contributed by atoms with van der Waals surface area (Å²) in [5, 5.41) is 10.9. The van der Waals surface area contributed by atoms with E-state index < -0.39 is 6.04 Å². The lowest BCUT2D eigenvalue weighted by molar-refractivity contribution is -0.123. The van der Waals surface area contributed by atoms with Gasteiger partial charge in [0.05, 0.1) is 12.1 Å². The summed E-state index contributed by atoms with van der Waals surface area (Å²) in [4.78, 5) is 25.2. The predicted molar refractivity (Wildman–Crippen MR) is 114 cm³/mol. The fraction of sp³-hybridized carbons (Fsp3) is 0.227. The normalized spacial score (nSPS) is 15.2. The van der Waals surface area contributed by atoms with Crippen LogP contribution in [-0.2, 0) is 9.59 Å². The van der Waals surface area contributed by atoms with Gasteiger partial charge in [-0.3, -0.25) is 9.59 Å². The number of halogens is 1. The van der Waals surface area contributed by atoms with Gasteiger partial charge in [0.15, 0.2) is 0 Å². The van der Waals surface area contributed by atoms with Crippen molar-refractivity contribution >= 4 is 34.9 Å². The van der Waals surface area contributed by atoms with Crippen LogP contribution in [0.2, 0.25) is 5.02 Å². The third-order valence-electron chi connectivity index (χ3n) is 5.19. The second-order valence-corrected chi connectivity index (χ2v) is 7.70. The van der Waals surface area contributed by atoms with Crippen molar-refractivity contribution in [2.75, 3.05) is 10.6 Å². The predicted octanol–water partition coefficient (Wildman–Crippen LogP) is 4.65. The molecule has 1 aliphatic rings. The van der Waals surface area contributed by atoms with E-state index in [1.807, 2.05) is 45.0 Å². The monoisotopic (exact) mass is 408 g/mol. The molecule has 0 spiro atoms. The van der Waals surface area contributed by atoms with Gasteiger partial charge in [0.25, 0.3) is 5.91 Å². The summed E-state index contributed by atoms with van der Waals surface area (Å²) < 4.78 is 1.62. The molecule has 0 radical (unpaired) electrons. The Morgan fingerprint density at radius 2 is 1.90 bits per heavy atom. The van der Waals surface area contributed by atoms with Gasteiger partial charge in [-0.1, -0.05) is 47.5 Å². The second-order valence-electron chi connectivity index (χ2n) is 7.29. The highest BCUT2D eigenvalue weighted by molar-refractivity contribution is 6.31. The van der Waals surface area contributed by atoms with Gasteiger partial charge in [0.1, 0.15) is 11.9 Å². The molecule has 1 aliphatic heterocycles. The average molecular weight is 409 g/mol. The molecule has 7 heteroatoms. The first kappa shape index (κ1) is 19.2. The highest BCUT2D eigenvalue weighted by atomic mass is 35.5. The van der Waals surface area contributed by atoms with E-state index in [-0.39, 0.29) is 18.2 Å². The zero-order valence-corrected chi connectivity index (χ0v) is 17.2. The van der Waals surface area contributed by atoms with Gasteiger partial charge in [0.2, 0.25) is 5.91 Å². The summed E-state index contributed by atoms with van der Waals surface area (Å²) >= 11 is 6.12. The zero-order valence-electron chi connectivity index (χ0n) is 16.4. The van der Waals surface area contributed by atoms with E-state index >= 15 is 0 Å². The summed E-state index contributed by atoms with van der Waals surface area (Å²) in [6.07, 6.45) is -0.0146. The standard InChI is InChI=1S/C22H21ClN4O2/c1-12-7-9-15(10-8-12)20-14(3)26-27-18(22(29)25-21(20)27)11-19(28)24-17-6-4-5-16(23)13(17)2/h4-10,18H,11H2,1-3H3,(H,24,28)(H,25,29). The van der Waals surface area contributed by atoms with Gasteiger partial charge in [-0.25, -0.2) is 4.68 Å². The summed E-state index contributed by atoms with van der Waals surface area (Å²) in [6, 6.07) is 12.7. The number of anilines is 2. The number of nitrogens with one attached hydrogen (secondary N) is 2. The van der Waals surface area contributed by atoms with Crippen LogP contribution in [-0.4, -0.2) is 21.6 Å². The summed E-state index contributed by atoms with van der Waals surface area (Å²) in [6.45, 7) is 5.76. The molecule has 2 N–H and O–H groups in total. The van der Waals surface area contributed by atoms with Crippen LogP contribution in [0.4, 0.5) is 11.5 Å². The van der Waals surface area contributed by atoms with Crippen molar-refractivity contribution in [2.24, 2.45) is 0 Å². The van der Waals surface area contributed by atoms with Gasteiger partial charge in [-0.05, 0) is 44.0 Å². The molecule has 0 fully saturated rings. The largest absolute Gasteiger partial charge is 0.326 e. The van der Waals surface area contributed by atoms with Crippen molar-refractivity contribution in [3.63, 3.8) is 0 Å². The molecule has 3 aromatic rings. The fourth-order valence-electron chi connectivity index (χ4n) is 3.57. The lowest BCUT2D eigenvalue weighted by Gasteiger charge is -2.12. The minimum absolute atomic E-state index is 0.0146. The molecule has 1 aromatic heterocycles. The Balaban J connectivity index is 1.59. The number of aromatic nitrogens is 2. The van der Waals surface area contributed by atoms with E-state index in [0.29, 0.717) is 16.5 Å². The lowest BCUT2D eigenvalue weighted by atomic mass is 10.0. The number of carbonyl (C=O) groups excluding carboxylic acids is 2. The Hall–Kier alpha value is -3.12.